The highest BCUT2D eigenvalue weighted by molar-refractivity contribution is 5.77. The SMILES string of the molecule is O=C1N(Cc2ccccc2)C[C@@H]2CNCCN12. The first kappa shape index (κ1) is 10.6. The summed E-state index contributed by atoms with van der Waals surface area (Å²) in [7, 11) is 0. The van der Waals surface area contributed by atoms with Gasteiger partial charge in [-0.2, -0.15) is 0 Å². The first-order chi connectivity index (χ1) is 8.34. The van der Waals surface area contributed by atoms with Crippen molar-refractivity contribution in [2.75, 3.05) is 26.2 Å². The minimum absolute atomic E-state index is 0.195. The van der Waals surface area contributed by atoms with E-state index in [1.165, 1.54) is 5.56 Å². The molecule has 2 fully saturated rings. The molecule has 2 saturated heterocycles. The summed E-state index contributed by atoms with van der Waals surface area (Å²) in [6.45, 7) is 4.26. The molecule has 0 spiro atoms. The lowest BCUT2D eigenvalue weighted by Crippen LogP contribution is -2.49. The molecule has 3 rings (SSSR count). The zero-order valence-electron chi connectivity index (χ0n) is 9.80. The molecular formula is C13H17N3O. The Labute approximate surface area is 101 Å². The second-order valence-electron chi connectivity index (χ2n) is 4.70. The summed E-state index contributed by atoms with van der Waals surface area (Å²) >= 11 is 0. The molecular weight excluding hydrogens is 214 g/mol. The Morgan fingerprint density at radius 2 is 2.12 bits per heavy atom. The molecule has 0 aliphatic carbocycles. The van der Waals surface area contributed by atoms with E-state index in [-0.39, 0.29) is 6.03 Å². The van der Waals surface area contributed by atoms with E-state index in [9.17, 15) is 4.79 Å². The van der Waals surface area contributed by atoms with Crippen LogP contribution in [0, 0.1) is 0 Å². The highest BCUT2D eigenvalue weighted by atomic mass is 16.2. The molecule has 0 aromatic heterocycles. The summed E-state index contributed by atoms with van der Waals surface area (Å²) in [6.07, 6.45) is 0. The van der Waals surface area contributed by atoms with Gasteiger partial charge in [-0.3, -0.25) is 0 Å². The summed E-state index contributed by atoms with van der Waals surface area (Å²) in [5.74, 6) is 0. The van der Waals surface area contributed by atoms with Crippen LogP contribution in [-0.4, -0.2) is 48.1 Å². The molecule has 4 nitrogen and oxygen atoms in total. The van der Waals surface area contributed by atoms with Crippen LogP contribution < -0.4 is 5.32 Å². The fraction of sp³-hybridized carbons (Fsp3) is 0.462. The third kappa shape index (κ3) is 2.00. The van der Waals surface area contributed by atoms with E-state index in [0.717, 1.165) is 32.7 Å². The molecule has 0 radical (unpaired) electrons. The number of rotatable bonds is 2. The zero-order valence-corrected chi connectivity index (χ0v) is 9.80. The number of amides is 2. The van der Waals surface area contributed by atoms with Crippen molar-refractivity contribution in [3.8, 4) is 0 Å². The van der Waals surface area contributed by atoms with Crippen molar-refractivity contribution in [3.63, 3.8) is 0 Å². The summed E-state index contributed by atoms with van der Waals surface area (Å²) in [4.78, 5) is 16.1. The van der Waals surface area contributed by atoms with E-state index in [2.05, 4.69) is 17.4 Å². The molecule has 17 heavy (non-hydrogen) atoms. The molecule has 1 aromatic rings. The molecule has 90 valence electrons. The van der Waals surface area contributed by atoms with Gasteiger partial charge in [0.15, 0.2) is 0 Å². The maximum atomic E-state index is 12.2. The second kappa shape index (κ2) is 4.37. The van der Waals surface area contributed by atoms with Gasteiger partial charge in [0.25, 0.3) is 0 Å². The summed E-state index contributed by atoms with van der Waals surface area (Å²) in [5.41, 5.74) is 1.20. The number of carbonyl (C=O) groups is 1. The highest BCUT2D eigenvalue weighted by Crippen LogP contribution is 2.19. The van der Waals surface area contributed by atoms with Gasteiger partial charge in [0.1, 0.15) is 0 Å². The van der Waals surface area contributed by atoms with E-state index in [1.807, 2.05) is 28.0 Å². The van der Waals surface area contributed by atoms with E-state index in [4.69, 9.17) is 0 Å². The number of nitrogens with one attached hydrogen (secondary N) is 1. The smallest absolute Gasteiger partial charge is 0.318 e. The van der Waals surface area contributed by atoms with Gasteiger partial charge in [0, 0.05) is 32.7 Å². The van der Waals surface area contributed by atoms with Crippen LogP contribution in [0.2, 0.25) is 0 Å². The normalized spacial score (nSPS) is 24.0. The Morgan fingerprint density at radius 1 is 1.29 bits per heavy atom. The zero-order chi connectivity index (χ0) is 11.7. The molecule has 0 saturated carbocycles. The van der Waals surface area contributed by atoms with Crippen LogP contribution in [0.3, 0.4) is 0 Å². The van der Waals surface area contributed by atoms with Crippen molar-refractivity contribution in [2.45, 2.75) is 12.6 Å². The number of benzene rings is 1. The summed E-state index contributed by atoms with van der Waals surface area (Å²) in [5, 5.41) is 3.34. The Bertz CT molecular complexity index is 406. The van der Waals surface area contributed by atoms with Gasteiger partial charge in [0.05, 0.1) is 6.04 Å². The van der Waals surface area contributed by atoms with E-state index in [0.29, 0.717) is 6.04 Å². The fourth-order valence-corrected chi connectivity index (χ4v) is 2.63. The predicted molar refractivity (Wildman–Crippen MR) is 65.6 cm³/mol. The van der Waals surface area contributed by atoms with Crippen LogP contribution >= 0.6 is 0 Å². The molecule has 2 amide bonds. The van der Waals surface area contributed by atoms with Gasteiger partial charge in [0.2, 0.25) is 0 Å². The Morgan fingerprint density at radius 3 is 2.88 bits per heavy atom. The Kier molecular flexibility index (Phi) is 2.73. The minimum Gasteiger partial charge on any atom is -0.318 e. The van der Waals surface area contributed by atoms with E-state index < -0.39 is 0 Å². The van der Waals surface area contributed by atoms with Crippen molar-refractivity contribution in [1.82, 2.24) is 15.1 Å². The number of nitrogens with zero attached hydrogens (tertiary/aromatic N) is 2. The van der Waals surface area contributed by atoms with Gasteiger partial charge in [-0.1, -0.05) is 30.3 Å². The predicted octanol–water partition coefficient (Wildman–Crippen LogP) is 0.896. The Hall–Kier alpha value is -1.55. The molecule has 2 aliphatic heterocycles. The third-order valence-corrected chi connectivity index (χ3v) is 3.51. The lowest BCUT2D eigenvalue weighted by molar-refractivity contribution is 0.178. The third-order valence-electron chi connectivity index (χ3n) is 3.51. The van der Waals surface area contributed by atoms with Gasteiger partial charge in [-0.05, 0) is 5.56 Å². The van der Waals surface area contributed by atoms with E-state index >= 15 is 0 Å². The first-order valence-corrected chi connectivity index (χ1v) is 6.15. The number of piperazine rings is 1. The Balaban J connectivity index is 1.71. The molecule has 0 bridgehead atoms. The summed E-state index contributed by atoms with van der Waals surface area (Å²) in [6, 6.07) is 10.7. The molecule has 1 N–H and O–H groups in total. The quantitative estimate of drug-likeness (QED) is 0.820. The highest BCUT2D eigenvalue weighted by Gasteiger charge is 2.37. The maximum Gasteiger partial charge on any atom is 0.320 e. The number of hydrogen-bond acceptors (Lipinski definition) is 2. The van der Waals surface area contributed by atoms with Crippen LogP contribution in [0.4, 0.5) is 4.79 Å². The number of urea groups is 1. The monoisotopic (exact) mass is 231 g/mol. The van der Waals surface area contributed by atoms with Gasteiger partial charge in [-0.15, -0.1) is 0 Å². The van der Waals surface area contributed by atoms with Crippen molar-refractivity contribution in [2.24, 2.45) is 0 Å². The molecule has 1 aromatic carbocycles. The lowest BCUT2D eigenvalue weighted by Gasteiger charge is -2.28. The van der Waals surface area contributed by atoms with Crippen molar-refractivity contribution < 1.29 is 4.79 Å². The molecule has 0 unspecified atom stereocenters. The number of hydrogen-bond donors (Lipinski definition) is 1. The average Bonchev–Trinajstić information content (AvgIpc) is 2.68. The fourth-order valence-electron chi connectivity index (χ4n) is 2.63. The topological polar surface area (TPSA) is 35.6 Å². The minimum atomic E-state index is 0.195. The second-order valence-corrected chi connectivity index (χ2v) is 4.70. The summed E-state index contributed by atoms with van der Waals surface area (Å²) < 4.78 is 0. The van der Waals surface area contributed by atoms with Crippen molar-refractivity contribution in [1.29, 1.82) is 0 Å². The van der Waals surface area contributed by atoms with Crippen LogP contribution in [0.5, 0.6) is 0 Å². The molecule has 2 heterocycles. The van der Waals surface area contributed by atoms with Crippen LogP contribution in [0.15, 0.2) is 30.3 Å². The van der Waals surface area contributed by atoms with Gasteiger partial charge >= 0.3 is 6.03 Å². The van der Waals surface area contributed by atoms with Crippen LogP contribution in [0.25, 0.3) is 0 Å². The standard InChI is InChI=1S/C13H17N3O/c17-13-15(9-11-4-2-1-3-5-11)10-12-8-14-6-7-16(12)13/h1-5,12,14H,6-10H2/t12-/m0/s1. The molecule has 1 atom stereocenters. The van der Waals surface area contributed by atoms with Crippen LogP contribution in [0.1, 0.15) is 5.56 Å². The largest absolute Gasteiger partial charge is 0.320 e. The van der Waals surface area contributed by atoms with Gasteiger partial charge in [-0.25, -0.2) is 4.79 Å². The first-order valence-electron chi connectivity index (χ1n) is 6.15. The van der Waals surface area contributed by atoms with E-state index in [1.54, 1.807) is 0 Å². The molecule has 4 heteroatoms. The van der Waals surface area contributed by atoms with Crippen molar-refractivity contribution in [3.05, 3.63) is 35.9 Å². The molecule has 2 aliphatic rings. The van der Waals surface area contributed by atoms with Crippen molar-refractivity contribution >= 4 is 6.03 Å². The maximum absolute atomic E-state index is 12.2. The lowest BCUT2D eigenvalue weighted by atomic mass is 10.2. The van der Waals surface area contributed by atoms with Crippen LogP contribution in [-0.2, 0) is 6.54 Å². The number of carbonyl (C=O) groups excluding carboxylic acids is 1. The number of fused-ring (bicyclic) bond motifs is 1. The van der Waals surface area contributed by atoms with Gasteiger partial charge < -0.3 is 15.1 Å². The average molecular weight is 231 g/mol.